The van der Waals surface area contributed by atoms with Crippen LogP contribution in [0.25, 0.3) is 0 Å². The summed E-state index contributed by atoms with van der Waals surface area (Å²) >= 11 is 0. The molecule has 0 unspecified atom stereocenters. The van der Waals surface area contributed by atoms with Crippen LogP contribution >= 0.6 is 0 Å². The molecule has 19 heavy (non-hydrogen) atoms. The van der Waals surface area contributed by atoms with Crippen molar-refractivity contribution >= 4 is 0 Å². The topological polar surface area (TPSA) is 29.3 Å². The van der Waals surface area contributed by atoms with Gasteiger partial charge in [-0.05, 0) is 42.8 Å². The Kier molecular flexibility index (Phi) is 4.72. The molecule has 0 heterocycles. The molecule has 0 spiro atoms. The molecule has 0 aliphatic carbocycles. The lowest BCUT2D eigenvalue weighted by Crippen LogP contribution is -2.10. The van der Waals surface area contributed by atoms with Crippen molar-refractivity contribution in [2.24, 2.45) is 5.73 Å². The molecule has 2 aromatic carbocycles. The molecule has 0 saturated heterocycles. The Bertz CT molecular complexity index is 532. The predicted molar refractivity (Wildman–Crippen MR) is 81.0 cm³/mol. The fraction of sp³-hybridized carbons (Fsp3) is 0.294. The van der Waals surface area contributed by atoms with Crippen LogP contribution in [0.2, 0.25) is 0 Å². The van der Waals surface area contributed by atoms with Crippen molar-refractivity contribution in [2.75, 3.05) is 14.1 Å². The van der Waals surface area contributed by atoms with Crippen molar-refractivity contribution in [2.45, 2.75) is 19.5 Å². The second-order valence-corrected chi connectivity index (χ2v) is 5.21. The van der Waals surface area contributed by atoms with E-state index in [0.29, 0.717) is 6.54 Å². The number of rotatable bonds is 5. The van der Waals surface area contributed by atoms with Crippen molar-refractivity contribution in [3.63, 3.8) is 0 Å². The predicted octanol–water partition coefficient (Wildman–Crippen LogP) is 2.80. The van der Waals surface area contributed by atoms with Crippen molar-refractivity contribution in [1.82, 2.24) is 4.90 Å². The largest absolute Gasteiger partial charge is 0.326 e. The first kappa shape index (κ1) is 13.8. The SMILES string of the molecule is CN(C)Cc1cccc(Cc2ccccc2CN)c1. The zero-order valence-corrected chi connectivity index (χ0v) is 11.8. The number of nitrogens with two attached hydrogens (primary N) is 1. The van der Waals surface area contributed by atoms with E-state index in [1.54, 1.807) is 0 Å². The highest BCUT2D eigenvalue weighted by molar-refractivity contribution is 5.34. The summed E-state index contributed by atoms with van der Waals surface area (Å²) in [6, 6.07) is 17.2. The minimum absolute atomic E-state index is 0.605. The molecule has 2 nitrogen and oxygen atoms in total. The molecule has 0 aliphatic rings. The molecular formula is C17H22N2. The maximum Gasteiger partial charge on any atom is 0.0227 e. The zero-order valence-electron chi connectivity index (χ0n) is 11.8. The van der Waals surface area contributed by atoms with E-state index in [2.05, 4.69) is 61.5 Å². The molecule has 0 fully saturated rings. The van der Waals surface area contributed by atoms with Crippen LogP contribution in [0.5, 0.6) is 0 Å². The Balaban J connectivity index is 2.18. The maximum absolute atomic E-state index is 5.79. The fourth-order valence-corrected chi connectivity index (χ4v) is 2.35. The Labute approximate surface area is 115 Å². The Hall–Kier alpha value is -1.64. The van der Waals surface area contributed by atoms with Gasteiger partial charge in [0.1, 0.15) is 0 Å². The summed E-state index contributed by atoms with van der Waals surface area (Å²) in [7, 11) is 4.19. The average Bonchev–Trinajstić information content (AvgIpc) is 2.39. The fourth-order valence-electron chi connectivity index (χ4n) is 2.35. The van der Waals surface area contributed by atoms with Gasteiger partial charge in [-0.2, -0.15) is 0 Å². The van der Waals surface area contributed by atoms with Gasteiger partial charge in [0, 0.05) is 13.1 Å². The molecule has 0 aliphatic heterocycles. The van der Waals surface area contributed by atoms with Gasteiger partial charge in [0.05, 0.1) is 0 Å². The van der Waals surface area contributed by atoms with Gasteiger partial charge in [-0.25, -0.2) is 0 Å². The van der Waals surface area contributed by atoms with Crippen LogP contribution in [0.4, 0.5) is 0 Å². The van der Waals surface area contributed by atoms with Gasteiger partial charge >= 0.3 is 0 Å². The van der Waals surface area contributed by atoms with Crippen LogP contribution in [0.15, 0.2) is 48.5 Å². The first-order chi connectivity index (χ1) is 9.19. The molecule has 2 rings (SSSR count). The number of hydrogen-bond donors (Lipinski definition) is 1. The zero-order chi connectivity index (χ0) is 13.7. The van der Waals surface area contributed by atoms with E-state index in [1.165, 1.54) is 22.3 Å². The van der Waals surface area contributed by atoms with Crippen LogP contribution in [-0.4, -0.2) is 19.0 Å². The van der Waals surface area contributed by atoms with Gasteiger partial charge in [-0.1, -0.05) is 48.5 Å². The minimum Gasteiger partial charge on any atom is -0.326 e. The van der Waals surface area contributed by atoms with Crippen molar-refractivity contribution < 1.29 is 0 Å². The highest BCUT2D eigenvalue weighted by Gasteiger charge is 2.03. The molecular weight excluding hydrogens is 232 g/mol. The first-order valence-corrected chi connectivity index (χ1v) is 6.68. The van der Waals surface area contributed by atoms with E-state index in [0.717, 1.165) is 13.0 Å². The van der Waals surface area contributed by atoms with E-state index in [-0.39, 0.29) is 0 Å². The summed E-state index contributed by atoms with van der Waals surface area (Å²) in [4.78, 5) is 2.19. The second kappa shape index (κ2) is 6.50. The van der Waals surface area contributed by atoms with Gasteiger partial charge < -0.3 is 10.6 Å². The van der Waals surface area contributed by atoms with Crippen molar-refractivity contribution in [3.05, 3.63) is 70.8 Å². The average molecular weight is 254 g/mol. The molecule has 100 valence electrons. The molecule has 0 atom stereocenters. The van der Waals surface area contributed by atoms with Crippen molar-refractivity contribution in [1.29, 1.82) is 0 Å². The number of nitrogens with zero attached hydrogens (tertiary/aromatic N) is 1. The van der Waals surface area contributed by atoms with Gasteiger partial charge in [0.2, 0.25) is 0 Å². The van der Waals surface area contributed by atoms with E-state index in [9.17, 15) is 0 Å². The number of hydrogen-bond acceptors (Lipinski definition) is 2. The van der Waals surface area contributed by atoms with E-state index < -0.39 is 0 Å². The van der Waals surface area contributed by atoms with E-state index >= 15 is 0 Å². The molecule has 2 aromatic rings. The highest BCUT2D eigenvalue weighted by atomic mass is 15.0. The molecule has 0 amide bonds. The van der Waals surface area contributed by atoms with Gasteiger partial charge in [-0.15, -0.1) is 0 Å². The summed E-state index contributed by atoms with van der Waals surface area (Å²) in [5.74, 6) is 0. The van der Waals surface area contributed by atoms with Gasteiger partial charge in [0.25, 0.3) is 0 Å². The molecule has 0 saturated carbocycles. The summed E-state index contributed by atoms with van der Waals surface area (Å²) in [6.07, 6.45) is 0.953. The molecule has 0 aromatic heterocycles. The minimum atomic E-state index is 0.605. The van der Waals surface area contributed by atoms with Crippen LogP contribution in [-0.2, 0) is 19.5 Å². The van der Waals surface area contributed by atoms with E-state index in [1.807, 2.05) is 6.07 Å². The summed E-state index contributed by atoms with van der Waals surface area (Å²) in [6.45, 7) is 1.58. The molecule has 2 heteroatoms. The van der Waals surface area contributed by atoms with Crippen molar-refractivity contribution in [3.8, 4) is 0 Å². The summed E-state index contributed by atoms with van der Waals surface area (Å²) in [5, 5.41) is 0. The third-order valence-electron chi connectivity index (χ3n) is 3.22. The first-order valence-electron chi connectivity index (χ1n) is 6.68. The normalized spacial score (nSPS) is 10.9. The van der Waals surface area contributed by atoms with Crippen LogP contribution in [0, 0.1) is 0 Å². The Morgan fingerprint density at radius 1 is 0.895 bits per heavy atom. The van der Waals surface area contributed by atoms with Gasteiger partial charge in [0.15, 0.2) is 0 Å². The maximum atomic E-state index is 5.79. The lowest BCUT2D eigenvalue weighted by molar-refractivity contribution is 0.402. The van der Waals surface area contributed by atoms with E-state index in [4.69, 9.17) is 5.73 Å². The number of benzene rings is 2. The molecule has 2 N–H and O–H groups in total. The van der Waals surface area contributed by atoms with Crippen LogP contribution < -0.4 is 5.73 Å². The third-order valence-corrected chi connectivity index (χ3v) is 3.22. The standard InChI is InChI=1S/C17H22N2/c1-19(2)13-15-7-5-6-14(10-15)11-16-8-3-4-9-17(16)12-18/h3-10H,11-13,18H2,1-2H3. The third kappa shape index (κ3) is 3.91. The quantitative estimate of drug-likeness (QED) is 0.889. The Morgan fingerprint density at radius 3 is 2.26 bits per heavy atom. The van der Waals surface area contributed by atoms with Crippen LogP contribution in [0.3, 0.4) is 0 Å². The van der Waals surface area contributed by atoms with Crippen LogP contribution in [0.1, 0.15) is 22.3 Å². The molecule has 0 radical (unpaired) electrons. The Morgan fingerprint density at radius 2 is 1.58 bits per heavy atom. The van der Waals surface area contributed by atoms with Gasteiger partial charge in [-0.3, -0.25) is 0 Å². The summed E-state index contributed by atoms with van der Waals surface area (Å²) < 4.78 is 0. The highest BCUT2D eigenvalue weighted by Crippen LogP contribution is 2.15. The lowest BCUT2D eigenvalue weighted by Gasteiger charge is -2.12. The monoisotopic (exact) mass is 254 g/mol. The smallest absolute Gasteiger partial charge is 0.0227 e. The summed E-state index contributed by atoms with van der Waals surface area (Å²) in [5.41, 5.74) is 11.1. The lowest BCUT2D eigenvalue weighted by atomic mass is 9.98. The molecule has 0 bridgehead atoms. The second-order valence-electron chi connectivity index (χ2n) is 5.21.